The largest absolute Gasteiger partial charge is 0.465 e. The summed E-state index contributed by atoms with van der Waals surface area (Å²) in [4.78, 5) is 28.7. The van der Waals surface area contributed by atoms with Crippen LogP contribution in [0.1, 0.15) is 27.7 Å². The maximum absolute atomic E-state index is 11.8. The number of amides is 2. The molecule has 0 aromatic rings. The first-order valence-corrected chi connectivity index (χ1v) is 4.96. The van der Waals surface area contributed by atoms with Crippen molar-refractivity contribution in [2.24, 2.45) is 0 Å². The van der Waals surface area contributed by atoms with Crippen molar-refractivity contribution in [1.82, 2.24) is 9.96 Å². The van der Waals surface area contributed by atoms with Crippen molar-refractivity contribution in [3.05, 3.63) is 0 Å². The Morgan fingerprint density at radius 3 is 2.00 bits per heavy atom. The summed E-state index contributed by atoms with van der Waals surface area (Å²) in [6.07, 6.45) is -1.13. The van der Waals surface area contributed by atoms with Crippen LogP contribution in [0.25, 0.3) is 0 Å². The van der Waals surface area contributed by atoms with Crippen LogP contribution in [0.15, 0.2) is 0 Å². The molecule has 16 heavy (non-hydrogen) atoms. The van der Waals surface area contributed by atoms with E-state index in [-0.39, 0.29) is 0 Å². The second-order valence-corrected chi connectivity index (χ2v) is 4.52. The molecule has 0 unspecified atom stereocenters. The predicted molar refractivity (Wildman–Crippen MR) is 58.9 cm³/mol. The number of hydrogen-bond donors (Lipinski definition) is 1. The van der Waals surface area contributed by atoms with Gasteiger partial charge in [-0.2, -0.15) is 0 Å². The minimum atomic E-state index is -1.13. The lowest BCUT2D eigenvalue weighted by Gasteiger charge is -2.38. The molecule has 1 atom stereocenters. The van der Waals surface area contributed by atoms with Gasteiger partial charge in [0, 0.05) is 12.6 Å². The lowest BCUT2D eigenvalue weighted by Crippen LogP contribution is -2.55. The van der Waals surface area contributed by atoms with Gasteiger partial charge >= 0.3 is 6.09 Å². The normalized spacial score (nSPS) is 13.1. The van der Waals surface area contributed by atoms with Crippen LogP contribution in [0.2, 0.25) is 0 Å². The van der Waals surface area contributed by atoms with Gasteiger partial charge in [-0.15, -0.1) is 0 Å². The monoisotopic (exact) mass is 232 g/mol. The highest BCUT2D eigenvalue weighted by Gasteiger charge is 2.35. The first-order valence-electron chi connectivity index (χ1n) is 4.96. The molecular formula is C10H20N2O4. The molecule has 0 aliphatic heterocycles. The Balaban J connectivity index is 4.97. The molecule has 0 saturated carbocycles. The summed E-state index contributed by atoms with van der Waals surface area (Å²) >= 11 is 0. The smallest absolute Gasteiger partial charge is 0.408 e. The molecule has 0 aliphatic rings. The van der Waals surface area contributed by atoms with Gasteiger partial charge in [0.1, 0.15) is 6.04 Å². The van der Waals surface area contributed by atoms with E-state index < -0.39 is 23.6 Å². The van der Waals surface area contributed by atoms with Gasteiger partial charge < -0.3 is 5.11 Å². The van der Waals surface area contributed by atoms with Crippen LogP contribution in [-0.2, 0) is 9.63 Å². The summed E-state index contributed by atoms with van der Waals surface area (Å²) in [5, 5.41) is 10.1. The molecule has 0 rings (SSSR count). The molecule has 0 aliphatic carbocycles. The van der Waals surface area contributed by atoms with Crippen LogP contribution in [0.5, 0.6) is 0 Å². The fourth-order valence-corrected chi connectivity index (χ4v) is 1.50. The van der Waals surface area contributed by atoms with Crippen molar-refractivity contribution in [2.45, 2.75) is 39.3 Å². The standard InChI is InChI=1S/C10H20N2O4/c1-7(8(13)11(5)16-6)12(9(14)15)10(2,3)4/h7H,1-6H3,(H,14,15)/t7-/m0/s1. The molecule has 0 saturated heterocycles. The number of hydroxylamine groups is 2. The Hall–Kier alpha value is -1.30. The summed E-state index contributed by atoms with van der Waals surface area (Å²) in [5.41, 5.74) is -0.643. The van der Waals surface area contributed by atoms with Crippen molar-refractivity contribution >= 4 is 12.0 Å². The fraction of sp³-hybridized carbons (Fsp3) is 0.800. The number of rotatable bonds is 3. The van der Waals surface area contributed by atoms with E-state index in [2.05, 4.69) is 0 Å². The van der Waals surface area contributed by atoms with Crippen LogP contribution in [-0.4, -0.2) is 52.8 Å². The number of likely N-dealkylation sites (N-methyl/N-ethyl adjacent to an activating group) is 1. The zero-order valence-corrected chi connectivity index (χ0v) is 10.6. The first-order chi connectivity index (χ1) is 7.12. The topological polar surface area (TPSA) is 70.1 Å². The molecule has 6 heteroatoms. The third-order valence-electron chi connectivity index (χ3n) is 2.26. The van der Waals surface area contributed by atoms with Crippen molar-refractivity contribution in [1.29, 1.82) is 0 Å². The van der Waals surface area contributed by atoms with Crippen LogP contribution < -0.4 is 0 Å². The van der Waals surface area contributed by atoms with Gasteiger partial charge in [0.05, 0.1) is 7.11 Å². The summed E-state index contributed by atoms with van der Waals surface area (Å²) < 4.78 is 0. The molecule has 0 aromatic heterocycles. The number of carbonyl (C=O) groups excluding carboxylic acids is 1. The highest BCUT2D eigenvalue weighted by atomic mass is 16.7. The van der Waals surface area contributed by atoms with Gasteiger partial charge in [0.15, 0.2) is 0 Å². The van der Waals surface area contributed by atoms with E-state index in [0.717, 1.165) is 9.96 Å². The van der Waals surface area contributed by atoms with Gasteiger partial charge in [0.25, 0.3) is 5.91 Å². The molecule has 0 heterocycles. The minimum Gasteiger partial charge on any atom is -0.465 e. The second kappa shape index (κ2) is 5.16. The average Bonchev–Trinajstić information content (AvgIpc) is 2.12. The molecule has 0 fully saturated rings. The highest BCUT2D eigenvalue weighted by molar-refractivity contribution is 5.84. The molecule has 0 bridgehead atoms. The van der Waals surface area contributed by atoms with E-state index >= 15 is 0 Å². The van der Waals surface area contributed by atoms with E-state index in [1.54, 1.807) is 20.8 Å². The Morgan fingerprint density at radius 2 is 1.75 bits per heavy atom. The Kier molecular flexibility index (Phi) is 4.74. The lowest BCUT2D eigenvalue weighted by atomic mass is 10.0. The van der Waals surface area contributed by atoms with Crippen LogP contribution in [0, 0.1) is 0 Å². The van der Waals surface area contributed by atoms with Crippen molar-refractivity contribution in [2.75, 3.05) is 14.2 Å². The molecule has 94 valence electrons. The maximum atomic E-state index is 11.8. The number of carbonyl (C=O) groups is 2. The Labute approximate surface area is 95.7 Å². The van der Waals surface area contributed by atoms with Crippen molar-refractivity contribution in [3.63, 3.8) is 0 Å². The zero-order valence-electron chi connectivity index (χ0n) is 10.6. The van der Waals surface area contributed by atoms with Gasteiger partial charge in [-0.1, -0.05) is 0 Å². The molecule has 1 N–H and O–H groups in total. The van der Waals surface area contributed by atoms with Gasteiger partial charge in [0.2, 0.25) is 0 Å². The van der Waals surface area contributed by atoms with Gasteiger partial charge in [-0.05, 0) is 27.7 Å². The minimum absolute atomic E-state index is 0.403. The first kappa shape index (κ1) is 14.7. The highest BCUT2D eigenvalue weighted by Crippen LogP contribution is 2.18. The maximum Gasteiger partial charge on any atom is 0.408 e. The van der Waals surface area contributed by atoms with E-state index in [4.69, 9.17) is 9.94 Å². The average molecular weight is 232 g/mol. The van der Waals surface area contributed by atoms with Crippen LogP contribution in [0.3, 0.4) is 0 Å². The molecular weight excluding hydrogens is 212 g/mol. The Morgan fingerprint density at radius 1 is 1.31 bits per heavy atom. The summed E-state index contributed by atoms with van der Waals surface area (Å²) in [6.45, 7) is 6.74. The number of carboxylic acid groups (broad SMARTS) is 1. The molecule has 0 spiro atoms. The predicted octanol–water partition coefficient (Wildman–Crippen LogP) is 1.17. The third-order valence-corrected chi connectivity index (χ3v) is 2.26. The molecule has 0 radical (unpaired) electrons. The zero-order chi connectivity index (χ0) is 13.1. The molecule has 6 nitrogen and oxygen atoms in total. The molecule has 0 aromatic carbocycles. The summed E-state index contributed by atoms with van der Waals surface area (Å²) in [7, 11) is 2.80. The third kappa shape index (κ3) is 3.37. The van der Waals surface area contributed by atoms with E-state index in [1.807, 2.05) is 0 Å². The SMILES string of the molecule is CON(C)C(=O)[C@H](C)N(C(=O)O)C(C)(C)C. The van der Waals surface area contributed by atoms with E-state index in [9.17, 15) is 9.59 Å². The second-order valence-electron chi connectivity index (χ2n) is 4.52. The Bertz CT molecular complexity index is 272. The van der Waals surface area contributed by atoms with E-state index in [1.165, 1.54) is 21.1 Å². The van der Waals surface area contributed by atoms with Crippen LogP contribution in [0.4, 0.5) is 4.79 Å². The number of nitrogens with zero attached hydrogens (tertiary/aromatic N) is 2. The van der Waals surface area contributed by atoms with Crippen molar-refractivity contribution in [3.8, 4) is 0 Å². The summed E-state index contributed by atoms with van der Waals surface area (Å²) in [6, 6.07) is -0.789. The fourth-order valence-electron chi connectivity index (χ4n) is 1.50. The van der Waals surface area contributed by atoms with Crippen molar-refractivity contribution < 1.29 is 19.5 Å². The quantitative estimate of drug-likeness (QED) is 0.742. The van der Waals surface area contributed by atoms with Gasteiger partial charge in [-0.25, -0.2) is 9.86 Å². The lowest BCUT2D eigenvalue weighted by molar-refractivity contribution is -0.174. The van der Waals surface area contributed by atoms with Gasteiger partial charge in [-0.3, -0.25) is 14.5 Å². The number of hydrogen-bond acceptors (Lipinski definition) is 3. The van der Waals surface area contributed by atoms with Crippen LogP contribution >= 0.6 is 0 Å². The molecule has 2 amide bonds. The van der Waals surface area contributed by atoms with E-state index in [0.29, 0.717) is 0 Å². The summed E-state index contributed by atoms with van der Waals surface area (Å²) in [5.74, 6) is -0.403.